The SMILES string of the molecule is N#CCc1c(Br)ncc(CCl)c1C(F)F. The van der Waals surface area contributed by atoms with Crippen molar-refractivity contribution in [1.82, 2.24) is 4.98 Å². The zero-order valence-electron chi connectivity index (χ0n) is 7.48. The van der Waals surface area contributed by atoms with Gasteiger partial charge in [0.05, 0.1) is 12.5 Å². The average molecular weight is 296 g/mol. The second-order valence-corrected chi connectivity index (χ2v) is 3.75. The first-order valence-corrected chi connectivity index (χ1v) is 5.31. The van der Waals surface area contributed by atoms with E-state index in [9.17, 15) is 8.78 Å². The fraction of sp³-hybridized carbons (Fsp3) is 0.333. The molecule has 1 rings (SSSR count). The van der Waals surface area contributed by atoms with E-state index in [1.165, 1.54) is 6.20 Å². The Labute approximate surface area is 99.0 Å². The van der Waals surface area contributed by atoms with Crippen LogP contribution in [0.15, 0.2) is 10.8 Å². The standard InChI is InChI=1S/C9H6BrClF2N2/c10-8-6(1-2-14)7(9(12)13)5(3-11)4-15-8/h4,9H,1,3H2. The number of hydrogen-bond donors (Lipinski definition) is 0. The van der Waals surface area contributed by atoms with Crippen molar-refractivity contribution in [2.75, 3.05) is 0 Å². The van der Waals surface area contributed by atoms with Crippen molar-refractivity contribution in [2.24, 2.45) is 0 Å². The van der Waals surface area contributed by atoms with E-state index in [1.807, 2.05) is 6.07 Å². The second kappa shape index (κ2) is 5.38. The third-order valence-electron chi connectivity index (χ3n) is 1.87. The molecule has 0 radical (unpaired) electrons. The summed E-state index contributed by atoms with van der Waals surface area (Å²) < 4.78 is 25.8. The first-order valence-electron chi connectivity index (χ1n) is 3.99. The van der Waals surface area contributed by atoms with Crippen LogP contribution in [0.1, 0.15) is 23.1 Å². The van der Waals surface area contributed by atoms with Gasteiger partial charge in [0.1, 0.15) is 4.60 Å². The van der Waals surface area contributed by atoms with Gasteiger partial charge < -0.3 is 0 Å². The fourth-order valence-electron chi connectivity index (χ4n) is 1.21. The zero-order valence-corrected chi connectivity index (χ0v) is 9.82. The lowest BCUT2D eigenvalue weighted by Crippen LogP contribution is -2.02. The molecule has 0 aliphatic heterocycles. The Kier molecular flexibility index (Phi) is 4.43. The van der Waals surface area contributed by atoms with Crippen LogP contribution in [-0.4, -0.2) is 4.98 Å². The lowest BCUT2D eigenvalue weighted by Gasteiger charge is -2.11. The summed E-state index contributed by atoms with van der Waals surface area (Å²) in [6.45, 7) is 0. The van der Waals surface area contributed by atoms with Gasteiger partial charge in [-0.3, -0.25) is 0 Å². The Morgan fingerprint density at radius 1 is 1.60 bits per heavy atom. The van der Waals surface area contributed by atoms with Gasteiger partial charge >= 0.3 is 0 Å². The van der Waals surface area contributed by atoms with Gasteiger partial charge in [0.2, 0.25) is 0 Å². The van der Waals surface area contributed by atoms with Gasteiger partial charge in [-0.25, -0.2) is 13.8 Å². The van der Waals surface area contributed by atoms with Gasteiger partial charge in [0.25, 0.3) is 6.43 Å². The molecule has 0 spiro atoms. The molecule has 15 heavy (non-hydrogen) atoms. The molecule has 1 aromatic heterocycles. The molecule has 0 N–H and O–H groups in total. The summed E-state index contributed by atoms with van der Waals surface area (Å²) in [5.74, 6) is -0.0433. The van der Waals surface area contributed by atoms with Crippen LogP contribution in [0.4, 0.5) is 8.78 Å². The van der Waals surface area contributed by atoms with Crippen molar-refractivity contribution in [3.8, 4) is 6.07 Å². The predicted octanol–water partition coefficient (Wildman–Crippen LogP) is 3.59. The average Bonchev–Trinajstić information content (AvgIpc) is 2.20. The van der Waals surface area contributed by atoms with Crippen molar-refractivity contribution in [3.05, 3.63) is 27.5 Å². The van der Waals surface area contributed by atoms with Crippen LogP contribution in [0, 0.1) is 11.3 Å². The summed E-state index contributed by atoms with van der Waals surface area (Å²) >= 11 is 8.57. The maximum atomic E-state index is 12.8. The van der Waals surface area contributed by atoms with E-state index in [2.05, 4.69) is 20.9 Å². The van der Waals surface area contributed by atoms with Gasteiger partial charge in [-0.05, 0) is 21.5 Å². The molecule has 2 nitrogen and oxygen atoms in total. The van der Waals surface area contributed by atoms with Gasteiger partial charge in [0.15, 0.2) is 0 Å². The minimum absolute atomic E-state index is 0.0433. The third-order valence-corrected chi connectivity index (χ3v) is 2.84. The molecule has 0 saturated carbocycles. The molecular formula is C9H6BrClF2N2. The Hall–Kier alpha value is -0.730. The van der Waals surface area contributed by atoms with Gasteiger partial charge in [0, 0.05) is 23.2 Å². The summed E-state index contributed by atoms with van der Waals surface area (Å²) in [4.78, 5) is 3.86. The van der Waals surface area contributed by atoms with Crippen molar-refractivity contribution in [1.29, 1.82) is 5.26 Å². The molecule has 80 valence electrons. The quantitative estimate of drug-likeness (QED) is 0.631. The molecule has 0 bridgehead atoms. The summed E-state index contributed by atoms with van der Waals surface area (Å²) in [7, 11) is 0. The molecule has 0 atom stereocenters. The highest BCUT2D eigenvalue weighted by atomic mass is 79.9. The molecule has 0 saturated heterocycles. The molecule has 0 unspecified atom stereocenters. The highest BCUT2D eigenvalue weighted by molar-refractivity contribution is 9.10. The van der Waals surface area contributed by atoms with Crippen LogP contribution in [0.2, 0.25) is 0 Å². The Bertz CT molecular complexity index is 404. The van der Waals surface area contributed by atoms with Crippen molar-refractivity contribution in [2.45, 2.75) is 18.7 Å². The predicted molar refractivity (Wildman–Crippen MR) is 55.8 cm³/mol. The Balaban J connectivity index is 3.38. The van der Waals surface area contributed by atoms with Crippen molar-refractivity contribution < 1.29 is 8.78 Å². The van der Waals surface area contributed by atoms with E-state index in [0.29, 0.717) is 0 Å². The first kappa shape index (κ1) is 12.3. The van der Waals surface area contributed by atoms with Crippen LogP contribution in [0.25, 0.3) is 0 Å². The normalized spacial score (nSPS) is 10.4. The molecule has 0 aromatic carbocycles. The zero-order chi connectivity index (χ0) is 11.4. The van der Waals surface area contributed by atoms with E-state index < -0.39 is 6.43 Å². The van der Waals surface area contributed by atoms with Crippen LogP contribution in [0.5, 0.6) is 0 Å². The molecule has 1 heterocycles. The summed E-state index contributed by atoms with van der Waals surface area (Å²) in [6, 6.07) is 1.82. The molecule has 6 heteroatoms. The van der Waals surface area contributed by atoms with Crippen LogP contribution in [0.3, 0.4) is 0 Å². The lowest BCUT2D eigenvalue weighted by atomic mass is 10.0. The highest BCUT2D eigenvalue weighted by Gasteiger charge is 2.20. The van der Waals surface area contributed by atoms with E-state index in [-0.39, 0.29) is 33.6 Å². The fourth-order valence-corrected chi connectivity index (χ4v) is 1.88. The monoisotopic (exact) mass is 294 g/mol. The minimum Gasteiger partial charge on any atom is -0.249 e. The molecule has 0 amide bonds. The second-order valence-electron chi connectivity index (χ2n) is 2.74. The number of aromatic nitrogens is 1. The van der Waals surface area contributed by atoms with E-state index in [4.69, 9.17) is 16.9 Å². The number of alkyl halides is 3. The number of halogens is 4. The lowest BCUT2D eigenvalue weighted by molar-refractivity contribution is 0.149. The number of nitriles is 1. The topological polar surface area (TPSA) is 36.7 Å². The number of rotatable bonds is 3. The summed E-state index contributed by atoms with van der Waals surface area (Å²) in [5, 5.41) is 8.54. The van der Waals surface area contributed by atoms with Gasteiger partial charge in [-0.15, -0.1) is 11.6 Å². The highest BCUT2D eigenvalue weighted by Crippen LogP contribution is 2.31. The Morgan fingerprint density at radius 2 is 2.27 bits per heavy atom. The molecule has 0 fully saturated rings. The van der Waals surface area contributed by atoms with Crippen LogP contribution < -0.4 is 0 Å². The number of nitrogens with zero attached hydrogens (tertiary/aromatic N) is 2. The van der Waals surface area contributed by atoms with Crippen molar-refractivity contribution in [3.63, 3.8) is 0 Å². The van der Waals surface area contributed by atoms with E-state index in [1.54, 1.807) is 0 Å². The Morgan fingerprint density at radius 3 is 2.73 bits per heavy atom. The molecule has 0 aliphatic rings. The van der Waals surface area contributed by atoms with E-state index >= 15 is 0 Å². The van der Waals surface area contributed by atoms with Crippen LogP contribution in [-0.2, 0) is 12.3 Å². The smallest absolute Gasteiger partial charge is 0.249 e. The maximum Gasteiger partial charge on any atom is 0.264 e. The van der Waals surface area contributed by atoms with Gasteiger partial charge in [-0.1, -0.05) is 0 Å². The first-order chi connectivity index (χ1) is 7.11. The molecule has 0 aliphatic carbocycles. The molecular weight excluding hydrogens is 289 g/mol. The summed E-state index contributed by atoms with van der Waals surface area (Å²) in [5.41, 5.74) is 0.291. The van der Waals surface area contributed by atoms with Crippen molar-refractivity contribution >= 4 is 27.5 Å². The third kappa shape index (κ3) is 2.64. The van der Waals surface area contributed by atoms with Crippen LogP contribution >= 0.6 is 27.5 Å². The number of hydrogen-bond acceptors (Lipinski definition) is 2. The molecule has 1 aromatic rings. The summed E-state index contributed by atoms with van der Waals surface area (Å²) in [6.07, 6.45) is -1.47. The van der Waals surface area contributed by atoms with E-state index in [0.717, 1.165) is 0 Å². The minimum atomic E-state index is -2.65. The maximum absolute atomic E-state index is 12.8. The largest absolute Gasteiger partial charge is 0.264 e. The number of pyridine rings is 1. The van der Waals surface area contributed by atoms with Gasteiger partial charge in [-0.2, -0.15) is 5.26 Å².